The van der Waals surface area contributed by atoms with E-state index in [4.69, 9.17) is 0 Å². The molecule has 1 saturated carbocycles. The molecule has 1 aliphatic carbocycles. The number of H-pyrrole nitrogens is 1. The lowest BCUT2D eigenvalue weighted by atomic mass is 10.2. The molecule has 64 valence electrons. The predicted molar refractivity (Wildman–Crippen MR) is 43.8 cm³/mol. The molecule has 4 nitrogen and oxygen atoms in total. The van der Waals surface area contributed by atoms with E-state index in [1.165, 1.54) is 0 Å². The van der Waals surface area contributed by atoms with Crippen LogP contribution in [0.25, 0.3) is 0 Å². The first-order chi connectivity index (χ1) is 5.77. The molecule has 0 unspecified atom stereocenters. The number of rotatable bonds is 2. The standard InChI is InChI=1S/C8H11N3O/c1-5-4-9-11-7(5)8(12)10-6-2-3-6/h4,6H,2-3H2,1H3,(H,9,11)(H,10,12). The average Bonchev–Trinajstić information content (AvgIpc) is 2.72. The maximum Gasteiger partial charge on any atom is 0.269 e. The summed E-state index contributed by atoms with van der Waals surface area (Å²) in [5.74, 6) is -0.0347. The van der Waals surface area contributed by atoms with Crippen molar-refractivity contribution in [2.24, 2.45) is 0 Å². The van der Waals surface area contributed by atoms with Crippen LogP contribution in [0.3, 0.4) is 0 Å². The molecular formula is C8H11N3O. The smallest absolute Gasteiger partial charge is 0.269 e. The molecule has 1 aromatic rings. The molecule has 0 spiro atoms. The van der Waals surface area contributed by atoms with E-state index in [1.54, 1.807) is 6.20 Å². The zero-order valence-corrected chi connectivity index (χ0v) is 6.92. The monoisotopic (exact) mass is 165 g/mol. The van der Waals surface area contributed by atoms with E-state index in [2.05, 4.69) is 15.5 Å². The van der Waals surface area contributed by atoms with E-state index in [0.29, 0.717) is 11.7 Å². The van der Waals surface area contributed by atoms with Gasteiger partial charge in [-0.05, 0) is 25.3 Å². The van der Waals surface area contributed by atoms with Gasteiger partial charge in [0.25, 0.3) is 5.91 Å². The number of aromatic amines is 1. The Morgan fingerprint density at radius 1 is 1.75 bits per heavy atom. The van der Waals surface area contributed by atoms with Crippen molar-refractivity contribution in [1.29, 1.82) is 0 Å². The molecule has 4 heteroatoms. The van der Waals surface area contributed by atoms with Crippen LogP contribution in [0.2, 0.25) is 0 Å². The van der Waals surface area contributed by atoms with Gasteiger partial charge in [-0.15, -0.1) is 0 Å². The van der Waals surface area contributed by atoms with Gasteiger partial charge in [0, 0.05) is 6.04 Å². The van der Waals surface area contributed by atoms with Crippen LogP contribution in [-0.4, -0.2) is 22.1 Å². The molecule has 1 amide bonds. The quantitative estimate of drug-likeness (QED) is 0.674. The molecule has 0 bridgehead atoms. The summed E-state index contributed by atoms with van der Waals surface area (Å²) in [5.41, 5.74) is 1.48. The molecule has 12 heavy (non-hydrogen) atoms. The van der Waals surface area contributed by atoms with Crippen LogP contribution in [0.1, 0.15) is 28.9 Å². The molecule has 0 aliphatic heterocycles. The van der Waals surface area contributed by atoms with Crippen LogP contribution in [0.15, 0.2) is 6.20 Å². The van der Waals surface area contributed by atoms with Gasteiger partial charge in [0.05, 0.1) is 6.20 Å². The Morgan fingerprint density at radius 2 is 2.50 bits per heavy atom. The lowest BCUT2D eigenvalue weighted by Gasteiger charge is -2.00. The minimum absolute atomic E-state index is 0.0347. The highest BCUT2D eigenvalue weighted by Crippen LogP contribution is 2.19. The van der Waals surface area contributed by atoms with E-state index in [9.17, 15) is 4.79 Å². The Labute approximate surface area is 70.4 Å². The number of aryl methyl sites for hydroxylation is 1. The maximum absolute atomic E-state index is 11.4. The van der Waals surface area contributed by atoms with Crippen LogP contribution in [0.4, 0.5) is 0 Å². The molecule has 2 N–H and O–H groups in total. The Bertz CT molecular complexity index is 301. The molecule has 2 rings (SSSR count). The summed E-state index contributed by atoms with van der Waals surface area (Å²) in [5, 5.41) is 9.35. The van der Waals surface area contributed by atoms with Gasteiger partial charge in [-0.1, -0.05) is 0 Å². The van der Waals surface area contributed by atoms with Crippen LogP contribution < -0.4 is 5.32 Å². The van der Waals surface area contributed by atoms with Gasteiger partial charge in [0.1, 0.15) is 5.69 Å². The minimum atomic E-state index is -0.0347. The second kappa shape index (κ2) is 2.62. The van der Waals surface area contributed by atoms with Crippen molar-refractivity contribution in [3.8, 4) is 0 Å². The highest BCUT2D eigenvalue weighted by atomic mass is 16.2. The van der Waals surface area contributed by atoms with Gasteiger partial charge >= 0.3 is 0 Å². The molecule has 0 atom stereocenters. The second-order valence-corrected chi connectivity index (χ2v) is 3.18. The highest BCUT2D eigenvalue weighted by Gasteiger charge is 2.24. The van der Waals surface area contributed by atoms with Gasteiger partial charge in [-0.2, -0.15) is 5.10 Å². The van der Waals surface area contributed by atoms with E-state index >= 15 is 0 Å². The summed E-state index contributed by atoms with van der Waals surface area (Å²) in [7, 11) is 0. The molecule has 1 aromatic heterocycles. The Morgan fingerprint density at radius 3 is 3.00 bits per heavy atom. The number of carbonyl (C=O) groups is 1. The van der Waals surface area contributed by atoms with Gasteiger partial charge in [0.2, 0.25) is 0 Å². The first-order valence-electron chi connectivity index (χ1n) is 4.08. The summed E-state index contributed by atoms with van der Waals surface area (Å²) in [6.45, 7) is 1.87. The number of aromatic nitrogens is 2. The number of hydrogen-bond donors (Lipinski definition) is 2. The van der Waals surface area contributed by atoms with E-state index < -0.39 is 0 Å². The molecule has 1 fully saturated rings. The first-order valence-corrected chi connectivity index (χ1v) is 4.08. The Balaban J connectivity index is 2.07. The second-order valence-electron chi connectivity index (χ2n) is 3.18. The molecule has 1 heterocycles. The SMILES string of the molecule is Cc1cn[nH]c1C(=O)NC1CC1. The fraction of sp³-hybridized carbons (Fsp3) is 0.500. The lowest BCUT2D eigenvalue weighted by Crippen LogP contribution is -2.26. The third-order valence-corrected chi connectivity index (χ3v) is 1.97. The third kappa shape index (κ3) is 1.32. The molecule has 0 saturated heterocycles. The molecular weight excluding hydrogens is 154 g/mol. The highest BCUT2D eigenvalue weighted by molar-refractivity contribution is 5.93. The summed E-state index contributed by atoms with van der Waals surface area (Å²) in [4.78, 5) is 11.4. The van der Waals surface area contributed by atoms with Gasteiger partial charge in [0.15, 0.2) is 0 Å². The Kier molecular flexibility index (Phi) is 1.60. The van der Waals surface area contributed by atoms with E-state index in [-0.39, 0.29) is 5.91 Å². The van der Waals surface area contributed by atoms with Crippen molar-refractivity contribution in [1.82, 2.24) is 15.5 Å². The predicted octanol–water partition coefficient (Wildman–Crippen LogP) is 0.610. The molecule has 0 aromatic carbocycles. The minimum Gasteiger partial charge on any atom is -0.348 e. The average molecular weight is 165 g/mol. The summed E-state index contributed by atoms with van der Waals surface area (Å²) < 4.78 is 0. The zero-order valence-electron chi connectivity index (χ0n) is 6.92. The summed E-state index contributed by atoms with van der Waals surface area (Å²) in [6, 6.07) is 0.403. The maximum atomic E-state index is 11.4. The van der Waals surface area contributed by atoms with Crippen molar-refractivity contribution >= 4 is 5.91 Å². The number of hydrogen-bond acceptors (Lipinski definition) is 2. The molecule has 1 aliphatic rings. The Hall–Kier alpha value is -1.32. The van der Waals surface area contributed by atoms with E-state index in [0.717, 1.165) is 18.4 Å². The number of nitrogens with zero attached hydrogens (tertiary/aromatic N) is 1. The van der Waals surface area contributed by atoms with Crippen LogP contribution in [0, 0.1) is 6.92 Å². The lowest BCUT2D eigenvalue weighted by molar-refractivity contribution is 0.0945. The van der Waals surface area contributed by atoms with E-state index in [1.807, 2.05) is 6.92 Å². The largest absolute Gasteiger partial charge is 0.348 e. The van der Waals surface area contributed by atoms with Crippen molar-refractivity contribution in [2.45, 2.75) is 25.8 Å². The van der Waals surface area contributed by atoms with Crippen LogP contribution in [0.5, 0.6) is 0 Å². The normalized spacial score (nSPS) is 16.1. The number of carbonyl (C=O) groups excluding carboxylic acids is 1. The topological polar surface area (TPSA) is 57.8 Å². The summed E-state index contributed by atoms with van der Waals surface area (Å²) >= 11 is 0. The summed E-state index contributed by atoms with van der Waals surface area (Å²) in [6.07, 6.45) is 3.87. The number of amides is 1. The van der Waals surface area contributed by atoms with Crippen LogP contribution in [-0.2, 0) is 0 Å². The van der Waals surface area contributed by atoms with Crippen molar-refractivity contribution < 1.29 is 4.79 Å². The first kappa shape index (κ1) is 7.34. The van der Waals surface area contributed by atoms with Crippen molar-refractivity contribution in [3.63, 3.8) is 0 Å². The van der Waals surface area contributed by atoms with Crippen LogP contribution >= 0.6 is 0 Å². The van der Waals surface area contributed by atoms with Crippen molar-refractivity contribution in [2.75, 3.05) is 0 Å². The number of nitrogens with one attached hydrogen (secondary N) is 2. The fourth-order valence-electron chi connectivity index (χ4n) is 1.06. The zero-order chi connectivity index (χ0) is 8.55. The van der Waals surface area contributed by atoms with Gasteiger partial charge < -0.3 is 5.32 Å². The van der Waals surface area contributed by atoms with Crippen molar-refractivity contribution in [3.05, 3.63) is 17.5 Å². The van der Waals surface area contributed by atoms with Gasteiger partial charge in [-0.3, -0.25) is 9.89 Å². The fourth-order valence-corrected chi connectivity index (χ4v) is 1.06. The third-order valence-electron chi connectivity index (χ3n) is 1.97. The van der Waals surface area contributed by atoms with Gasteiger partial charge in [-0.25, -0.2) is 0 Å². The molecule has 0 radical (unpaired) electrons.